The van der Waals surface area contributed by atoms with Gasteiger partial charge in [-0.3, -0.25) is 9.59 Å². The maximum Gasteiger partial charge on any atom is 0.302 e. The zero-order valence-corrected chi connectivity index (χ0v) is 23.0. The maximum atomic E-state index is 11.6. The number of aldehydes is 1. The lowest BCUT2D eigenvalue weighted by molar-refractivity contribution is -0.142. The number of carbonyl (C=O) groups is 3. The monoisotopic (exact) mass is 468 g/mol. The number of amides is 1. The van der Waals surface area contributed by atoms with E-state index in [4.69, 9.17) is 4.74 Å². The van der Waals surface area contributed by atoms with Gasteiger partial charge in [-0.2, -0.15) is 0 Å². The molecule has 2 N–H and O–H groups in total. The number of hydrogen-bond acceptors (Lipinski definition) is 5. The normalized spacial score (nSPS) is 9.67. The lowest BCUT2D eigenvalue weighted by atomic mass is 9.90. The van der Waals surface area contributed by atoms with Gasteiger partial charge in [-0.15, -0.1) is 0 Å². The Morgan fingerprint density at radius 1 is 1.03 bits per heavy atom. The summed E-state index contributed by atoms with van der Waals surface area (Å²) in [7, 11) is 3.75. The fourth-order valence-electron chi connectivity index (χ4n) is 2.22. The van der Waals surface area contributed by atoms with Crippen LogP contribution in [-0.4, -0.2) is 38.8 Å². The van der Waals surface area contributed by atoms with E-state index in [1.54, 1.807) is 0 Å². The van der Waals surface area contributed by atoms with Gasteiger partial charge in [-0.05, 0) is 32.0 Å². The van der Waals surface area contributed by atoms with Crippen LogP contribution in [0.5, 0.6) is 0 Å². The van der Waals surface area contributed by atoms with Crippen molar-refractivity contribution in [2.75, 3.05) is 20.6 Å². The van der Waals surface area contributed by atoms with E-state index in [0.717, 1.165) is 31.1 Å². The van der Waals surface area contributed by atoms with E-state index in [2.05, 4.69) is 31.4 Å². The van der Waals surface area contributed by atoms with Crippen LogP contribution in [0, 0.1) is 11.8 Å². The summed E-state index contributed by atoms with van der Waals surface area (Å²) in [6.07, 6.45) is 5.05. The summed E-state index contributed by atoms with van der Waals surface area (Å²) in [5, 5.41) is 5.37. The van der Waals surface area contributed by atoms with Crippen LogP contribution < -0.4 is 10.6 Å². The number of benzene rings is 1. The first-order valence-electron chi connectivity index (χ1n) is 12.2. The molecule has 0 saturated carbocycles. The largest absolute Gasteiger partial charge is 0.461 e. The van der Waals surface area contributed by atoms with Gasteiger partial charge >= 0.3 is 5.97 Å². The molecule has 0 aliphatic carbocycles. The summed E-state index contributed by atoms with van der Waals surface area (Å²) in [6.45, 7) is 16.4. The second kappa shape index (κ2) is 32.0. The van der Waals surface area contributed by atoms with Crippen LogP contribution in [-0.2, 0) is 25.7 Å². The lowest BCUT2D eigenvalue weighted by Crippen LogP contribution is -2.34. The molecule has 194 valence electrons. The Labute approximate surface area is 204 Å². The Morgan fingerprint density at radius 3 is 1.88 bits per heavy atom. The van der Waals surface area contributed by atoms with E-state index in [1.165, 1.54) is 13.3 Å². The molecule has 0 aliphatic rings. The molecule has 1 amide bonds. The van der Waals surface area contributed by atoms with Crippen LogP contribution in [0.4, 0.5) is 0 Å². The van der Waals surface area contributed by atoms with E-state index >= 15 is 0 Å². The molecule has 1 rings (SSSR count). The van der Waals surface area contributed by atoms with Crippen molar-refractivity contribution in [3.8, 4) is 0 Å². The van der Waals surface area contributed by atoms with Crippen LogP contribution in [0.1, 0.15) is 86.6 Å². The molecule has 0 saturated heterocycles. The molecule has 0 heterocycles. The number of esters is 1. The average Bonchev–Trinajstić information content (AvgIpc) is 2.80. The van der Waals surface area contributed by atoms with Crippen LogP contribution in [0.15, 0.2) is 30.3 Å². The van der Waals surface area contributed by atoms with E-state index in [0.29, 0.717) is 12.5 Å². The Bertz CT molecular complexity index is 532. The summed E-state index contributed by atoms with van der Waals surface area (Å²) in [5.41, 5.74) is 1.02. The van der Waals surface area contributed by atoms with Gasteiger partial charge in [0.1, 0.15) is 12.9 Å². The first-order chi connectivity index (χ1) is 15.7. The highest BCUT2D eigenvalue weighted by Crippen LogP contribution is 2.18. The first kappa shape index (κ1) is 38.1. The van der Waals surface area contributed by atoms with Gasteiger partial charge in [0.25, 0.3) is 0 Å². The van der Waals surface area contributed by atoms with Gasteiger partial charge in [0.15, 0.2) is 0 Å². The Hall–Kier alpha value is -2.21. The third-order valence-electron chi connectivity index (χ3n) is 3.65. The van der Waals surface area contributed by atoms with Crippen LogP contribution in [0.3, 0.4) is 0 Å². The molecule has 0 aliphatic heterocycles. The molecule has 0 aromatic heterocycles. The molecule has 0 fully saturated rings. The predicted octanol–water partition coefficient (Wildman–Crippen LogP) is 5.79. The highest BCUT2D eigenvalue weighted by Gasteiger charge is 2.20. The van der Waals surface area contributed by atoms with Gasteiger partial charge in [-0.25, -0.2) is 0 Å². The fraction of sp³-hybridized carbons (Fsp3) is 0.667. The minimum Gasteiger partial charge on any atom is -0.461 e. The third-order valence-corrected chi connectivity index (χ3v) is 3.65. The SMILES string of the molecule is CC.CC(=O)OCc1ccccc1.CCC.CCCCC(C(=O)NCC=O)C(C)C.CNC. The average molecular weight is 469 g/mol. The van der Waals surface area contributed by atoms with Crippen molar-refractivity contribution >= 4 is 18.2 Å². The van der Waals surface area contributed by atoms with E-state index in [-0.39, 0.29) is 24.3 Å². The number of unbranched alkanes of at least 4 members (excludes halogenated alkanes) is 1. The summed E-state index contributed by atoms with van der Waals surface area (Å²) in [5.74, 6) is 0.164. The summed E-state index contributed by atoms with van der Waals surface area (Å²) in [6, 6.07) is 9.60. The molecule has 1 aromatic rings. The standard InChI is InChI=1S/C11H21NO2.C9H10O2.C3H8.C2H7N.C2H6/c1-4-5-6-10(9(2)3)11(14)12-7-8-13;1-8(10)11-7-9-5-3-2-4-6-9;2*1-3-2;1-2/h8-10H,4-7H2,1-3H3,(H,12,14);2-6H,7H2,1H3;3H2,1-2H3;3H,1-2H3;1-2H3. The Morgan fingerprint density at radius 2 is 1.52 bits per heavy atom. The topological polar surface area (TPSA) is 84.5 Å². The number of carbonyl (C=O) groups excluding carboxylic acids is 3. The molecular formula is C27H52N2O4. The Kier molecular flexibility index (Phi) is 36.9. The number of nitrogens with one attached hydrogen (secondary N) is 2. The van der Waals surface area contributed by atoms with Crippen molar-refractivity contribution in [1.29, 1.82) is 0 Å². The number of rotatable bonds is 9. The number of hydrogen-bond donors (Lipinski definition) is 2. The van der Waals surface area contributed by atoms with Crippen LogP contribution >= 0.6 is 0 Å². The quantitative estimate of drug-likeness (QED) is 0.354. The van der Waals surface area contributed by atoms with Crippen molar-refractivity contribution in [2.24, 2.45) is 11.8 Å². The predicted molar refractivity (Wildman–Crippen MR) is 141 cm³/mol. The smallest absolute Gasteiger partial charge is 0.302 e. The van der Waals surface area contributed by atoms with Gasteiger partial charge in [0.05, 0.1) is 6.54 Å². The van der Waals surface area contributed by atoms with Gasteiger partial charge < -0.3 is 20.2 Å². The highest BCUT2D eigenvalue weighted by molar-refractivity contribution is 5.80. The fourth-order valence-corrected chi connectivity index (χ4v) is 2.22. The van der Waals surface area contributed by atoms with E-state index < -0.39 is 0 Å². The third kappa shape index (κ3) is 32.1. The Balaban J connectivity index is -0.000000196. The van der Waals surface area contributed by atoms with E-state index in [9.17, 15) is 14.4 Å². The molecule has 1 atom stereocenters. The zero-order chi connectivity index (χ0) is 26.5. The van der Waals surface area contributed by atoms with Crippen molar-refractivity contribution in [3.63, 3.8) is 0 Å². The molecule has 0 radical (unpaired) electrons. The minimum absolute atomic E-state index is 0.0144. The molecular weight excluding hydrogens is 416 g/mol. The zero-order valence-electron chi connectivity index (χ0n) is 23.0. The molecule has 6 heteroatoms. The second-order valence-electron chi connectivity index (χ2n) is 7.38. The van der Waals surface area contributed by atoms with Gasteiger partial charge in [0, 0.05) is 12.8 Å². The molecule has 0 spiro atoms. The van der Waals surface area contributed by atoms with Crippen LogP contribution in [0.2, 0.25) is 0 Å². The maximum absolute atomic E-state index is 11.6. The molecule has 6 nitrogen and oxygen atoms in total. The molecule has 1 aromatic carbocycles. The van der Waals surface area contributed by atoms with E-state index in [1.807, 2.05) is 72.1 Å². The van der Waals surface area contributed by atoms with Crippen molar-refractivity contribution in [1.82, 2.24) is 10.6 Å². The summed E-state index contributed by atoms with van der Waals surface area (Å²) < 4.78 is 4.79. The van der Waals surface area contributed by atoms with Gasteiger partial charge in [0.2, 0.25) is 5.91 Å². The first-order valence-corrected chi connectivity index (χ1v) is 12.2. The second-order valence-corrected chi connectivity index (χ2v) is 7.38. The minimum atomic E-state index is -0.242. The lowest BCUT2D eigenvalue weighted by Gasteiger charge is -2.19. The molecule has 1 unspecified atom stereocenters. The van der Waals surface area contributed by atoms with Crippen molar-refractivity contribution in [3.05, 3.63) is 35.9 Å². The highest BCUT2D eigenvalue weighted by atomic mass is 16.5. The summed E-state index contributed by atoms with van der Waals surface area (Å²) in [4.78, 5) is 32.1. The molecule has 33 heavy (non-hydrogen) atoms. The van der Waals surface area contributed by atoms with Gasteiger partial charge in [-0.1, -0.05) is 98.1 Å². The molecule has 0 bridgehead atoms. The van der Waals surface area contributed by atoms with Crippen molar-refractivity contribution in [2.45, 2.75) is 87.7 Å². The van der Waals surface area contributed by atoms with Crippen molar-refractivity contribution < 1.29 is 19.1 Å². The summed E-state index contributed by atoms with van der Waals surface area (Å²) >= 11 is 0. The number of ether oxygens (including phenoxy) is 1. The van der Waals surface area contributed by atoms with Crippen LogP contribution in [0.25, 0.3) is 0 Å².